The number of alkyl halides is 3. The average molecular weight is 609 g/mol. The van der Waals surface area contributed by atoms with E-state index >= 15 is 0 Å². The molecule has 0 heterocycles. The number of phenolic OH excluding ortho intramolecular Hbond substituents is 2. The van der Waals surface area contributed by atoms with E-state index in [1.807, 2.05) is 0 Å². The molecule has 4 aromatic rings. The third-order valence-electron chi connectivity index (χ3n) is 7.22. The van der Waals surface area contributed by atoms with Crippen LogP contribution in [0.5, 0.6) is 23.0 Å². The molecule has 0 radical (unpaired) electrons. The van der Waals surface area contributed by atoms with Gasteiger partial charge in [-0.2, -0.15) is 13.2 Å². The summed E-state index contributed by atoms with van der Waals surface area (Å²) in [4.78, 5) is 25.2. The van der Waals surface area contributed by atoms with E-state index in [1.165, 1.54) is 0 Å². The lowest BCUT2D eigenvalue weighted by Gasteiger charge is -2.34. The molecule has 0 spiro atoms. The Hall–Kier alpha value is -5.19. The van der Waals surface area contributed by atoms with Gasteiger partial charge < -0.3 is 31.2 Å². The standard InChI is InChI=1S/C33H31F3N2O6/c1-32(33(34,35)36,22-2-12-30(41)20(14-22)16-26(39)18-43-28-8-4-24(37)5-9-28)23-3-13-31(42)21(15-23)17-27(40)19-44-29-10-6-25(38)7-11-29/h2-15,41-42H,16-19,37-38H2,1H3. The molecule has 0 saturated heterocycles. The van der Waals surface area contributed by atoms with Gasteiger partial charge in [0, 0.05) is 35.3 Å². The Morgan fingerprint density at radius 2 is 1.02 bits per heavy atom. The fourth-order valence-corrected chi connectivity index (χ4v) is 4.55. The van der Waals surface area contributed by atoms with Crippen molar-refractivity contribution in [3.63, 3.8) is 0 Å². The monoisotopic (exact) mass is 608 g/mol. The van der Waals surface area contributed by atoms with E-state index in [4.69, 9.17) is 20.9 Å². The first-order valence-corrected chi connectivity index (χ1v) is 13.5. The summed E-state index contributed by atoms with van der Waals surface area (Å²) in [5, 5.41) is 20.8. The number of halogens is 3. The summed E-state index contributed by atoms with van der Waals surface area (Å²) in [6, 6.07) is 19.3. The number of nitrogen functional groups attached to an aromatic ring is 2. The highest BCUT2D eigenvalue weighted by atomic mass is 19.4. The third kappa shape index (κ3) is 7.41. The minimum atomic E-state index is -4.85. The van der Waals surface area contributed by atoms with Gasteiger partial charge >= 0.3 is 6.18 Å². The maximum atomic E-state index is 14.8. The fraction of sp³-hybridized carbons (Fsp3) is 0.212. The Balaban J connectivity index is 1.55. The Bertz CT molecular complexity index is 1520. The van der Waals surface area contributed by atoms with Gasteiger partial charge in [-0.1, -0.05) is 24.3 Å². The van der Waals surface area contributed by atoms with Crippen LogP contribution in [0.1, 0.15) is 29.2 Å². The highest BCUT2D eigenvalue weighted by molar-refractivity contribution is 5.83. The number of carbonyl (C=O) groups excluding carboxylic acids is 2. The Labute approximate surface area is 251 Å². The number of hydrogen-bond acceptors (Lipinski definition) is 8. The Kier molecular flexibility index (Phi) is 9.37. The summed E-state index contributed by atoms with van der Waals surface area (Å²) in [7, 11) is 0. The van der Waals surface area contributed by atoms with Crippen molar-refractivity contribution < 1.29 is 42.4 Å². The fourth-order valence-electron chi connectivity index (χ4n) is 4.55. The normalized spacial score (nSPS) is 11.6. The number of rotatable bonds is 12. The number of benzene rings is 4. The van der Waals surface area contributed by atoms with Crippen LogP contribution in [0.2, 0.25) is 0 Å². The van der Waals surface area contributed by atoms with Gasteiger partial charge in [-0.3, -0.25) is 9.59 Å². The van der Waals surface area contributed by atoms with E-state index in [-0.39, 0.29) is 59.8 Å². The molecule has 0 aromatic heterocycles. The number of ketones is 2. The molecule has 230 valence electrons. The molecule has 0 saturated carbocycles. The molecule has 0 aliphatic rings. The number of aromatic hydroxyl groups is 2. The van der Waals surface area contributed by atoms with Crippen LogP contribution in [0, 0.1) is 0 Å². The summed E-state index contributed by atoms with van der Waals surface area (Å²) < 4.78 is 55.3. The average Bonchev–Trinajstić information content (AvgIpc) is 2.98. The summed E-state index contributed by atoms with van der Waals surface area (Å²) in [5.41, 5.74) is 9.11. The molecule has 0 unspecified atom stereocenters. The van der Waals surface area contributed by atoms with Gasteiger partial charge in [-0.05, 0) is 78.7 Å². The lowest BCUT2D eigenvalue weighted by molar-refractivity contribution is -0.173. The van der Waals surface area contributed by atoms with E-state index < -0.39 is 23.2 Å². The molecule has 0 aliphatic carbocycles. The number of phenols is 2. The lowest BCUT2D eigenvalue weighted by atomic mass is 9.74. The summed E-state index contributed by atoms with van der Waals surface area (Å²) in [5.74, 6) is -0.888. The molecule has 0 bridgehead atoms. The van der Waals surface area contributed by atoms with Gasteiger partial charge in [0.1, 0.15) is 41.6 Å². The van der Waals surface area contributed by atoms with Gasteiger partial charge in [-0.15, -0.1) is 0 Å². The van der Waals surface area contributed by atoms with E-state index in [2.05, 4.69) is 0 Å². The minimum Gasteiger partial charge on any atom is -0.508 e. The van der Waals surface area contributed by atoms with Crippen LogP contribution in [0.25, 0.3) is 0 Å². The largest absolute Gasteiger partial charge is 0.508 e. The Morgan fingerprint density at radius 3 is 1.36 bits per heavy atom. The van der Waals surface area contributed by atoms with E-state index in [0.29, 0.717) is 22.9 Å². The molecule has 6 N–H and O–H groups in total. The maximum Gasteiger partial charge on any atom is 0.402 e. The zero-order chi connectivity index (χ0) is 32.1. The van der Waals surface area contributed by atoms with Crippen LogP contribution in [0.4, 0.5) is 24.5 Å². The third-order valence-corrected chi connectivity index (χ3v) is 7.22. The second kappa shape index (κ2) is 13.0. The zero-order valence-electron chi connectivity index (χ0n) is 23.7. The minimum absolute atomic E-state index is 0.0159. The molecule has 0 amide bonds. The molecule has 11 heteroatoms. The van der Waals surface area contributed by atoms with Crippen molar-refractivity contribution in [3.8, 4) is 23.0 Å². The second-order valence-corrected chi connectivity index (χ2v) is 10.5. The number of Topliss-reactive ketones (excluding diaryl/α,β-unsaturated/α-hetero) is 2. The number of hydrogen-bond donors (Lipinski definition) is 4. The van der Waals surface area contributed by atoms with Crippen LogP contribution < -0.4 is 20.9 Å². The van der Waals surface area contributed by atoms with Crippen LogP contribution in [-0.4, -0.2) is 41.2 Å². The van der Waals surface area contributed by atoms with Crippen molar-refractivity contribution in [3.05, 3.63) is 107 Å². The number of anilines is 2. The van der Waals surface area contributed by atoms with Gasteiger partial charge in [0.25, 0.3) is 0 Å². The van der Waals surface area contributed by atoms with Crippen LogP contribution >= 0.6 is 0 Å². The first-order valence-electron chi connectivity index (χ1n) is 13.5. The first kappa shape index (κ1) is 31.7. The van der Waals surface area contributed by atoms with Crippen molar-refractivity contribution in [1.82, 2.24) is 0 Å². The first-order chi connectivity index (χ1) is 20.8. The van der Waals surface area contributed by atoms with Crippen molar-refractivity contribution in [2.24, 2.45) is 0 Å². The van der Waals surface area contributed by atoms with E-state index in [1.54, 1.807) is 48.5 Å². The molecule has 0 atom stereocenters. The van der Waals surface area contributed by atoms with Gasteiger partial charge in [-0.25, -0.2) is 0 Å². The maximum absolute atomic E-state index is 14.8. The van der Waals surface area contributed by atoms with Crippen molar-refractivity contribution in [2.75, 3.05) is 24.7 Å². The zero-order valence-corrected chi connectivity index (χ0v) is 23.7. The smallest absolute Gasteiger partial charge is 0.402 e. The number of carbonyl (C=O) groups is 2. The summed E-state index contributed by atoms with van der Waals surface area (Å²) in [6.45, 7) is 0.209. The number of ether oxygens (including phenoxy) is 2. The molecule has 4 rings (SSSR count). The molecule has 0 aliphatic heterocycles. The second-order valence-electron chi connectivity index (χ2n) is 10.5. The topological polar surface area (TPSA) is 145 Å². The highest BCUT2D eigenvalue weighted by Crippen LogP contribution is 2.47. The predicted molar refractivity (Wildman–Crippen MR) is 159 cm³/mol. The number of nitrogens with two attached hydrogens (primary N) is 2. The molecular formula is C33H31F3N2O6. The van der Waals surface area contributed by atoms with Crippen LogP contribution in [0.3, 0.4) is 0 Å². The lowest BCUT2D eigenvalue weighted by Crippen LogP contribution is -2.40. The summed E-state index contributed by atoms with van der Waals surface area (Å²) in [6.07, 6.45) is -5.61. The molecule has 4 aromatic carbocycles. The molecule has 44 heavy (non-hydrogen) atoms. The van der Waals surface area contributed by atoms with E-state index in [9.17, 15) is 33.0 Å². The summed E-state index contributed by atoms with van der Waals surface area (Å²) >= 11 is 0. The van der Waals surface area contributed by atoms with Crippen molar-refractivity contribution in [1.29, 1.82) is 0 Å². The highest BCUT2D eigenvalue weighted by Gasteiger charge is 2.53. The van der Waals surface area contributed by atoms with Crippen LogP contribution in [-0.2, 0) is 27.8 Å². The molecule has 0 fully saturated rings. The van der Waals surface area contributed by atoms with Gasteiger partial charge in [0.05, 0.1) is 0 Å². The van der Waals surface area contributed by atoms with Gasteiger partial charge in [0.2, 0.25) is 0 Å². The predicted octanol–water partition coefficient (Wildman–Crippen LogP) is 5.51. The molecular weight excluding hydrogens is 577 g/mol. The van der Waals surface area contributed by atoms with Crippen molar-refractivity contribution >= 4 is 22.9 Å². The van der Waals surface area contributed by atoms with Crippen LogP contribution in [0.15, 0.2) is 84.9 Å². The Morgan fingerprint density at radius 1 is 0.659 bits per heavy atom. The quantitative estimate of drug-likeness (QED) is 0.154. The van der Waals surface area contributed by atoms with E-state index in [0.717, 1.165) is 43.3 Å². The molecule has 8 nitrogen and oxygen atoms in total. The van der Waals surface area contributed by atoms with Crippen molar-refractivity contribution in [2.45, 2.75) is 31.4 Å². The SMILES string of the molecule is CC(c1ccc(O)c(CC(=O)COc2ccc(N)cc2)c1)(c1ccc(O)c(CC(=O)COc2ccc(N)cc2)c1)C(F)(F)F. The van der Waals surface area contributed by atoms with Gasteiger partial charge in [0.15, 0.2) is 11.6 Å².